The summed E-state index contributed by atoms with van der Waals surface area (Å²) in [4.78, 5) is 12.2. The van der Waals surface area contributed by atoms with Gasteiger partial charge in [0.1, 0.15) is 5.75 Å². The van der Waals surface area contributed by atoms with Gasteiger partial charge in [0, 0.05) is 19.6 Å². The molecule has 1 N–H and O–H groups in total. The zero-order chi connectivity index (χ0) is 21.9. The molecule has 0 bridgehead atoms. The fraction of sp³-hybridized carbons (Fsp3) is 0.720. The van der Waals surface area contributed by atoms with E-state index in [9.17, 15) is 9.90 Å². The van der Waals surface area contributed by atoms with Crippen LogP contribution in [0.4, 0.5) is 0 Å². The summed E-state index contributed by atoms with van der Waals surface area (Å²) in [7, 11) is 0. The van der Waals surface area contributed by atoms with E-state index in [4.69, 9.17) is 14.2 Å². The lowest BCUT2D eigenvalue weighted by atomic mass is 10.1. The number of carbonyl (C=O) groups is 1. The van der Waals surface area contributed by atoms with Crippen molar-refractivity contribution in [3.8, 4) is 5.75 Å². The molecule has 5 heteroatoms. The van der Waals surface area contributed by atoms with Crippen LogP contribution in [-0.2, 0) is 14.2 Å². The molecule has 0 aliphatic carbocycles. The summed E-state index contributed by atoms with van der Waals surface area (Å²) < 4.78 is 16.9. The van der Waals surface area contributed by atoms with Crippen molar-refractivity contribution in [1.82, 2.24) is 0 Å². The maximum atomic E-state index is 12.2. The van der Waals surface area contributed by atoms with Gasteiger partial charge in [-0.05, 0) is 43.5 Å². The van der Waals surface area contributed by atoms with Gasteiger partial charge in [0.2, 0.25) is 6.29 Å². The molecule has 1 rings (SSSR count). The molecule has 0 saturated heterocycles. The first kappa shape index (κ1) is 26.4. The zero-order valence-electron chi connectivity index (χ0n) is 19.1. The van der Waals surface area contributed by atoms with Crippen LogP contribution in [-0.4, -0.2) is 37.2 Å². The average Bonchev–Trinajstić information content (AvgIpc) is 2.74. The number of ether oxygens (including phenoxy) is 3. The first-order valence-electron chi connectivity index (χ1n) is 11.9. The fourth-order valence-corrected chi connectivity index (χ4v) is 3.16. The summed E-state index contributed by atoms with van der Waals surface area (Å²) >= 11 is 0. The molecular weight excluding hydrogens is 380 g/mol. The number of hydrogen-bond donors (Lipinski definition) is 1. The summed E-state index contributed by atoms with van der Waals surface area (Å²) in [5, 5.41) is 9.31. The van der Waals surface area contributed by atoms with E-state index in [1.54, 1.807) is 12.1 Å². The van der Waals surface area contributed by atoms with Crippen molar-refractivity contribution >= 4 is 5.97 Å². The number of esters is 1. The molecule has 0 heterocycles. The van der Waals surface area contributed by atoms with Crippen molar-refractivity contribution in [3.63, 3.8) is 0 Å². The molecule has 5 nitrogen and oxygen atoms in total. The Morgan fingerprint density at radius 1 is 0.800 bits per heavy atom. The van der Waals surface area contributed by atoms with Gasteiger partial charge in [-0.3, -0.25) is 0 Å². The first-order chi connectivity index (χ1) is 14.7. The van der Waals surface area contributed by atoms with Gasteiger partial charge in [0.05, 0.1) is 12.2 Å². The van der Waals surface area contributed by atoms with E-state index in [1.165, 1.54) is 57.1 Å². The van der Waals surface area contributed by atoms with Crippen molar-refractivity contribution in [2.45, 2.75) is 97.2 Å². The van der Waals surface area contributed by atoms with Crippen molar-refractivity contribution in [2.24, 2.45) is 0 Å². The predicted molar refractivity (Wildman–Crippen MR) is 121 cm³/mol. The molecule has 0 aliphatic heterocycles. The van der Waals surface area contributed by atoms with E-state index in [0.717, 1.165) is 38.9 Å². The Kier molecular flexibility index (Phi) is 16.0. The Hall–Kier alpha value is -1.59. The lowest BCUT2D eigenvalue weighted by molar-refractivity contribution is -0.115. The van der Waals surface area contributed by atoms with E-state index in [-0.39, 0.29) is 5.75 Å². The molecule has 30 heavy (non-hydrogen) atoms. The van der Waals surface area contributed by atoms with Crippen LogP contribution in [0.1, 0.15) is 101 Å². The van der Waals surface area contributed by atoms with Crippen molar-refractivity contribution < 1.29 is 24.1 Å². The number of aromatic hydroxyl groups is 1. The van der Waals surface area contributed by atoms with Crippen LogP contribution >= 0.6 is 0 Å². The third-order valence-corrected chi connectivity index (χ3v) is 4.99. The van der Waals surface area contributed by atoms with Gasteiger partial charge < -0.3 is 19.3 Å². The SMILES string of the molecule is CCCCCCCCCCOCCCCOC(CCC)OC(=O)c1ccc(O)cc1. The molecule has 0 aliphatic rings. The average molecular weight is 423 g/mol. The number of hydrogen-bond acceptors (Lipinski definition) is 5. The molecule has 172 valence electrons. The maximum absolute atomic E-state index is 12.2. The number of benzene rings is 1. The second-order valence-electron chi connectivity index (χ2n) is 7.84. The maximum Gasteiger partial charge on any atom is 0.340 e. The van der Waals surface area contributed by atoms with E-state index in [0.29, 0.717) is 18.6 Å². The Morgan fingerprint density at radius 3 is 2.00 bits per heavy atom. The standard InChI is InChI=1S/C25H42O5/c1-3-5-6-7-8-9-10-11-19-28-20-12-13-21-29-24(14-4-2)30-25(27)22-15-17-23(26)18-16-22/h15-18,24,26H,3-14,19-21H2,1-2H3. The Bertz CT molecular complexity index is 529. The third kappa shape index (κ3) is 13.6. The number of carbonyl (C=O) groups excluding carboxylic acids is 1. The Labute approximate surface area is 183 Å². The second-order valence-corrected chi connectivity index (χ2v) is 7.84. The number of phenolic OH excluding ortho intramolecular Hbond substituents is 1. The van der Waals surface area contributed by atoms with Crippen LogP contribution in [0, 0.1) is 0 Å². The predicted octanol–water partition coefficient (Wildman–Crippen LogP) is 6.63. The Balaban J connectivity index is 2.02. The van der Waals surface area contributed by atoms with Gasteiger partial charge in [-0.15, -0.1) is 0 Å². The second kappa shape index (κ2) is 18.2. The van der Waals surface area contributed by atoms with Gasteiger partial charge >= 0.3 is 5.97 Å². The number of phenols is 1. The molecule has 1 unspecified atom stereocenters. The van der Waals surface area contributed by atoms with Crippen LogP contribution in [0.15, 0.2) is 24.3 Å². The summed E-state index contributed by atoms with van der Waals surface area (Å²) in [6.45, 7) is 6.43. The Morgan fingerprint density at radius 2 is 1.37 bits per heavy atom. The van der Waals surface area contributed by atoms with Crippen LogP contribution in [0.5, 0.6) is 5.75 Å². The van der Waals surface area contributed by atoms with Crippen molar-refractivity contribution in [1.29, 1.82) is 0 Å². The van der Waals surface area contributed by atoms with Crippen LogP contribution < -0.4 is 0 Å². The summed E-state index contributed by atoms with van der Waals surface area (Å²) in [6.07, 6.45) is 13.4. The monoisotopic (exact) mass is 422 g/mol. The minimum absolute atomic E-state index is 0.123. The summed E-state index contributed by atoms with van der Waals surface area (Å²) in [5.41, 5.74) is 0.409. The smallest absolute Gasteiger partial charge is 0.340 e. The van der Waals surface area contributed by atoms with Crippen molar-refractivity contribution in [3.05, 3.63) is 29.8 Å². The van der Waals surface area contributed by atoms with Gasteiger partial charge in [0.15, 0.2) is 0 Å². The van der Waals surface area contributed by atoms with Gasteiger partial charge in [-0.2, -0.15) is 0 Å². The number of rotatable bonds is 19. The molecule has 1 aromatic carbocycles. The molecule has 0 amide bonds. The highest BCUT2D eigenvalue weighted by atomic mass is 16.7. The third-order valence-electron chi connectivity index (χ3n) is 4.99. The molecule has 0 radical (unpaired) electrons. The molecule has 0 aromatic heterocycles. The van der Waals surface area contributed by atoms with Crippen molar-refractivity contribution in [2.75, 3.05) is 19.8 Å². The highest BCUT2D eigenvalue weighted by Gasteiger charge is 2.15. The summed E-state index contributed by atoms with van der Waals surface area (Å²) in [6, 6.07) is 6.04. The lowest BCUT2D eigenvalue weighted by Crippen LogP contribution is -2.22. The molecule has 1 aromatic rings. The lowest BCUT2D eigenvalue weighted by Gasteiger charge is -2.18. The largest absolute Gasteiger partial charge is 0.508 e. The van der Waals surface area contributed by atoms with Crippen LogP contribution in [0.3, 0.4) is 0 Å². The normalized spacial score (nSPS) is 12.1. The quantitative estimate of drug-likeness (QED) is 0.154. The van der Waals surface area contributed by atoms with Gasteiger partial charge in [-0.1, -0.05) is 65.2 Å². The topological polar surface area (TPSA) is 65.0 Å². The highest BCUT2D eigenvalue weighted by Crippen LogP contribution is 2.14. The molecule has 0 saturated carbocycles. The first-order valence-corrected chi connectivity index (χ1v) is 11.9. The van der Waals surface area contributed by atoms with Crippen LogP contribution in [0.2, 0.25) is 0 Å². The molecule has 0 fully saturated rings. The van der Waals surface area contributed by atoms with E-state index >= 15 is 0 Å². The highest BCUT2D eigenvalue weighted by molar-refractivity contribution is 5.89. The van der Waals surface area contributed by atoms with E-state index < -0.39 is 12.3 Å². The van der Waals surface area contributed by atoms with Crippen LogP contribution in [0.25, 0.3) is 0 Å². The minimum atomic E-state index is -0.533. The molecule has 0 spiro atoms. The van der Waals surface area contributed by atoms with Gasteiger partial charge in [-0.25, -0.2) is 4.79 Å². The van der Waals surface area contributed by atoms with E-state index in [1.807, 2.05) is 6.92 Å². The minimum Gasteiger partial charge on any atom is -0.508 e. The fourth-order valence-electron chi connectivity index (χ4n) is 3.16. The van der Waals surface area contributed by atoms with E-state index in [2.05, 4.69) is 6.92 Å². The molecular formula is C25H42O5. The number of unbranched alkanes of at least 4 members (excludes halogenated alkanes) is 8. The zero-order valence-corrected chi connectivity index (χ0v) is 19.1. The summed E-state index contributed by atoms with van der Waals surface area (Å²) in [5.74, 6) is -0.306. The van der Waals surface area contributed by atoms with Gasteiger partial charge in [0.25, 0.3) is 0 Å². The molecule has 1 atom stereocenters.